The van der Waals surface area contributed by atoms with Crippen molar-refractivity contribution < 1.29 is 8.42 Å². The second kappa shape index (κ2) is 5.67. The summed E-state index contributed by atoms with van der Waals surface area (Å²) in [5, 5.41) is 3.53. The summed E-state index contributed by atoms with van der Waals surface area (Å²) in [6.07, 6.45) is 1.85. The van der Waals surface area contributed by atoms with Crippen molar-refractivity contribution in [1.82, 2.24) is 9.62 Å². The summed E-state index contributed by atoms with van der Waals surface area (Å²) in [4.78, 5) is 0. The quantitative estimate of drug-likeness (QED) is 0.834. The van der Waals surface area contributed by atoms with Gasteiger partial charge in [0.05, 0.1) is 5.75 Å². The van der Waals surface area contributed by atoms with E-state index < -0.39 is 10.0 Å². The number of rotatable bonds is 4. The molecule has 0 bridgehead atoms. The summed E-state index contributed by atoms with van der Waals surface area (Å²) in [5.74, 6) is 0.215. The van der Waals surface area contributed by atoms with Gasteiger partial charge in [-0.15, -0.1) is 0 Å². The molecule has 0 aliphatic carbocycles. The van der Waals surface area contributed by atoms with E-state index >= 15 is 0 Å². The highest BCUT2D eigenvalue weighted by atomic mass is 32.2. The minimum atomic E-state index is -2.98. The molecule has 5 heteroatoms. The topological polar surface area (TPSA) is 49.4 Å². The molecule has 0 unspecified atom stereocenters. The number of piperidine rings is 1. The predicted molar refractivity (Wildman–Crippen MR) is 71.5 cm³/mol. The van der Waals surface area contributed by atoms with Crippen LogP contribution in [0.25, 0.3) is 0 Å². The molecule has 17 heavy (non-hydrogen) atoms. The number of nitrogens with one attached hydrogen (secondary N) is 1. The second-order valence-corrected chi connectivity index (χ2v) is 8.27. The summed E-state index contributed by atoms with van der Waals surface area (Å²) in [7, 11) is -2.98. The van der Waals surface area contributed by atoms with Gasteiger partial charge < -0.3 is 5.32 Å². The van der Waals surface area contributed by atoms with E-state index in [-0.39, 0.29) is 11.2 Å². The number of nitrogens with zero attached hydrogens (tertiary/aromatic N) is 1. The van der Waals surface area contributed by atoms with Gasteiger partial charge in [-0.2, -0.15) is 0 Å². The smallest absolute Gasteiger partial charge is 0.213 e. The Bertz CT molecular complexity index is 325. The van der Waals surface area contributed by atoms with Crippen molar-refractivity contribution >= 4 is 10.0 Å². The number of sulfonamides is 1. The van der Waals surface area contributed by atoms with Crippen LogP contribution in [0.3, 0.4) is 0 Å². The molecule has 0 spiro atoms. The maximum atomic E-state index is 11.7. The Hall–Kier alpha value is -0.130. The Morgan fingerprint density at radius 2 is 1.76 bits per heavy atom. The first kappa shape index (κ1) is 14.9. The fraction of sp³-hybridized carbons (Fsp3) is 1.00. The van der Waals surface area contributed by atoms with Crippen LogP contribution in [0.1, 0.15) is 40.5 Å². The fourth-order valence-corrected chi connectivity index (χ4v) is 3.10. The minimum Gasteiger partial charge on any atom is -0.313 e. The first-order chi connectivity index (χ1) is 7.74. The van der Waals surface area contributed by atoms with Crippen molar-refractivity contribution in [2.24, 2.45) is 5.41 Å². The molecule has 1 aliphatic rings. The molecule has 0 amide bonds. The maximum Gasteiger partial charge on any atom is 0.213 e. The SMILES string of the molecule is CCS(=O)(=O)N1CCC(NCC(C)(C)C)CC1. The average Bonchev–Trinajstić information content (AvgIpc) is 2.26. The Kier molecular flexibility index (Phi) is 4.98. The van der Waals surface area contributed by atoms with Gasteiger partial charge in [-0.05, 0) is 25.2 Å². The molecule has 0 aromatic carbocycles. The van der Waals surface area contributed by atoms with Crippen LogP contribution in [0, 0.1) is 5.41 Å². The number of hydrogen-bond acceptors (Lipinski definition) is 3. The van der Waals surface area contributed by atoms with Crippen molar-refractivity contribution in [2.45, 2.75) is 46.6 Å². The zero-order valence-electron chi connectivity index (χ0n) is 11.5. The summed E-state index contributed by atoms with van der Waals surface area (Å²) < 4.78 is 25.0. The van der Waals surface area contributed by atoms with Crippen molar-refractivity contribution in [1.29, 1.82) is 0 Å². The maximum absolute atomic E-state index is 11.7. The molecular formula is C12H26N2O2S. The van der Waals surface area contributed by atoms with Crippen LogP contribution in [0.2, 0.25) is 0 Å². The lowest BCUT2D eigenvalue weighted by Crippen LogP contribution is -2.46. The van der Waals surface area contributed by atoms with Gasteiger partial charge in [0, 0.05) is 25.7 Å². The van der Waals surface area contributed by atoms with Crippen molar-refractivity contribution in [2.75, 3.05) is 25.4 Å². The third-order valence-corrected chi connectivity index (χ3v) is 5.01. The third-order valence-electron chi connectivity index (χ3n) is 3.13. The Labute approximate surface area is 106 Å². The van der Waals surface area contributed by atoms with Crippen LogP contribution >= 0.6 is 0 Å². The van der Waals surface area contributed by atoms with Crippen LogP contribution < -0.4 is 5.32 Å². The Balaban J connectivity index is 2.36. The molecule has 102 valence electrons. The normalized spacial score (nSPS) is 20.7. The fourth-order valence-electron chi connectivity index (χ4n) is 1.97. The molecule has 1 N–H and O–H groups in total. The monoisotopic (exact) mass is 262 g/mol. The Morgan fingerprint density at radius 1 is 1.24 bits per heavy atom. The molecule has 0 atom stereocenters. The first-order valence-corrected chi connectivity index (χ1v) is 8.07. The highest BCUT2D eigenvalue weighted by Gasteiger charge is 2.26. The summed E-state index contributed by atoms with van der Waals surface area (Å²) in [6, 6.07) is 0.470. The predicted octanol–water partition coefficient (Wildman–Crippen LogP) is 1.44. The molecule has 0 radical (unpaired) electrons. The van der Waals surface area contributed by atoms with E-state index in [1.54, 1.807) is 11.2 Å². The molecule has 0 aromatic heterocycles. The van der Waals surface area contributed by atoms with E-state index in [0.717, 1.165) is 19.4 Å². The second-order valence-electron chi connectivity index (χ2n) is 6.02. The highest BCUT2D eigenvalue weighted by molar-refractivity contribution is 7.89. The number of hydrogen-bond donors (Lipinski definition) is 1. The Morgan fingerprint density at radius 3 is 2.18 bits per heavy atom. The van der Waals surface area contributed by atoms with Crippen LogP contribution in [0.5, 0.6) is 0 Å². The lowest BCUT2D eigenvalue weighted by atomic mass is 9.95. The first-order valence-electron chi connectivity index (χ1n) is 6.46. The lowest BCUT2D eigenvalue weighted by molar-refractivity contribution is 0.264. The minimum absolute atomic E-state index is 0.215. The van der Waals surface area contributed by atoms with Gasteiger partial charge in [-0.1, -0.05) is 20.8 Å². The molecule has 4 nitrogen and oxygen atoms in total. The molecule has 0 aromatic rings. The molecule has 1 aliphatic heterocycles. The molecule has 1 rings (SSSR count). The molecular weight excluding hydrogens is 236 g/mol. The van der Waals surface area contributed by atoms with Gasteiger partial charge in [0.2, 0.25) is 10.0 Å². The van der Waals surface area contributed by atoms with Crippen LogP contribution in [-0.2, 0) is 10.0 Å². The van der Waals surface area contributed by atoms with Gasteiger partial charge in [0.25, 0.3) is 0 Å². The molecule has 1 heterocycles. The lowest BCUT2D eigenvalue weighted by Gasteiger charge is -2.33. The summed E-state index contributed by atoms with van der Waals surface area (Å²) in [6.45, 7) is 10.6. The summed E-state index contributed by atoms with van der Waals surface area (Å²) >= 11 is 0. The largest absolute Gasteiger partial charge is 0.313 e. The zero-order valence-corrected chi connectivity index (χ0v) is 12.3. The van der Waals surface area contributed by atoms with E-state index in [2.05, 4.69) is 26.1 Å². The van der Waals surface area contributed by atoms with E-state index in [9.17, 15) is 8.42 Å². The zero-order chi connectivity index (χ0) is 13.1. The van der Waals surface area contributed by atoms with Gasteiger partial charge in [-0.25, -0.2) is 12.7 Å². The standard InChI is InChI=1S/C12H26N2O2S/c1-5-17(15,16)14-8-6-11(7-9-14)13-10-12(2,3)4/h11,13H,5-10H2,1-4H3. The molecule has 1 fully saturated rings. The van der Waals surface area contributed by atoms with Gasteiger partial charge in [-0.3, -0.25) is 0 Å². The average molecular weight is 262 g/mol. The van der Waals surface area contributed by atoms with E-state index in [1.165, 1.54) is 0 Å². The van der Waals surface area contributed by atoms with E-state index in [0.29, 0.717) is 19.1 Å². The van der Waals surface area contributed by atoms with Crippen molar-refractivity contribution in [3.63, 3.8) is 0 Å². The third kappa shape index (κ3) is 4.94. The van der Waals surface area contributed by atoms with Crippen LogP contribution in [-0.4, -0.2) is 44.2 Å². The van der Waals surface area contributed by atoms with Crippen molar-refractivity contribution in [3.8, 4) is 0 Å². The van der Waals surface area contributed by atoms with Gasteiger partial charge >= 0.3 is 0 Å². The van der Waals surface area contributed by atoms with E-state index in [4.69, 9.17) is 0 Å². The molecule has 0 saturated carbocycles. The van der Waals surface area contributed by atoms with Crippen molar-refractivity contribution in [3.05, 3.63) is 0 Å². The van der Waals surface area contributed by atoms with Gasteiger partial charge in [0.15, 0.2) is 0 Å². The molecule has 1 saturated heterocycles. The summed E-state index contributed by atoms with van der Waals surface area (Å²) in [5.41, 5.74) is 0.284. The van der Waals surface area contributed by atoms with Crippen LogP contribution in [0.15, 0.2) is 0 Å². The van der Waals surface area contributed by atoms with Crippen LogP contribution in [0.4, 0.5) is 0 Å². The van der Waals surface area contributed by atoms with Gasteiger partial charge in [0.1, 0.15) is 0 Å². The highest BCUT2D eigenvalue weighted by Crippen LogP contribution is 2.16. The van der Waals surface area contributed by atoms with E-state index in [1.807, 2.05) is 0 Å².